The van der Waals surface area contributed by atoms with Gasteiger partial charge in [-0.05, 0) is 6.42 Å². The minimum atomic E-state index is -5.17. The Bertz CT molecular complexity index is 227. The zero-order valence-electron chi connectivity index (χ0n) is 12.0. The Kier molecular flexibility index (Phi) is 25.2. The first kappa shape index (κ1) is 25.1. The van der Waals surface area contributed by atoms with E-state index in [-0.39, 0.29) is 37.7 Å². The van der Waals surface area contributed by atoms with Crippen molar-refractivity contribution < 1.29 is 22.6 Å². The fourth-order valence-corrected chi connectivity index (χ4v) is 1.60. The second kappa shape index (κ2) is 19.1. The molecule has 5 nitrogen and oxygen atoms in total. The maximum Gasteiger partial charge on any atom is 2.00 e. The van der Waals surface area contributed by atoms with Crippen molar-refractivity contribution in [2.45, 2.75) is 71.1 Å². The number of rotatable bonds is 10. The van der Waals surface area contributed by atoms with Crippen molar-refractivity contribution in [1.29, 1.82) is 0 Å². The summed E-state index contributed by atoms with van der Waals surface area (Å²) >= 11 is 0. The normalized spacial score (nSPS) is 10.3. The molecule has 0 saturated heterocycles. The number of aliphatic hydroxyl groups is 1. The molecule has 0 amide bonds. The van der Waals surface area contributed by atoms with E-state index in [1.165, 1.54) is 57.8 Å². The molecule has 0 rings (SSSR count). The van der Waals surface area contributed by atoms with Gasteiger partial charge >= 0.3 is 37.7 Å². The Morgan fingerprint density at radius 3 is 1.32 bits per heavy atom. The summed E-state index contributed by atoms with van der Waals surface area (Å²) in [7, 11) is -5.17. The molecule has 0 aromatic heterocycles. The summed E-state index contributed by atoms with van der Waals surface area (Å²) < 4.78 is 34.1. The maximum atomic E-state index is 8.57. The molecule has 0 bridgehead atoms. The van der Waals surface area contributed by atoms with Crippen LogP contribution < -0.4 is 0 Å². The molecule has 0 heterocycles. The summed E-state index contributed by atoms with van der Waals surface area (Å²) in [6, 6.07) is 0. The minimum Gasteiger partial charge on any atom is -0.759 e. The van der Waals surface area contributed by atoms with E-state index in [9.17, 15) is 0 Å². The standard InChI is InChI=1S/C12H26O.Ca.H2O4S/c1-2-3-4-5-6-7-8-9-10-11-12-13;;1-5(2,3)4/h13H,2-12H2,1H3;;(H2,1,2,3,4)/q;+2;/p-2. The third-order valence-electron chi connectivity index (χ3n) is 2.51. The van der Waals surface area contributed by atoms with Gasteiger partial charge in [0, 0.05) is 17.0 Å². The van der Waals surface area contributed by atoms with Crippen LogP contribution in [0.4, 0.5) is 0 Å². The number of aliphatic hydroxyl groups excluding tert-OH is 1. The van der Waals surface area contributed by atoms with Gasteiger partial charge in [-0.3, -0.25) is 8.42 Å². The van der Waals surface area contributed by atoms with Crippen molar-refractivity contribution in [3.63, 3.8) is 0 Å². The topological polar surface area (TPSA) is 100 Å². The van der Waals surface area contributed by atoms with Crippen molar-refractivity contribution in [3.8, 4) is 0 Å². The van der Waals surface area contributed by atoms with Crippen molar-refractivity contribution in [3.05, 3.63) is 0 Å². The summed E-state index contributed by atoms with van der Waals surface area (Å²) in [5, 5.41) is 8.57. The van der Waals surface area contributed by atoms with Crippen LogP contribution in [0.2, 0.25) is 0 Å². The van der Waals surface area contributed by atoms with E-state index >= 15 is 0 Å². The first-order valence-electron chi connectivity index (χ1n) is 6.69. The quantitative estimate of drug-likeness (QED) is 0.287. The minimum absolute atomic E-state index is 0. The molecule has 0 aliphatic carbocycles. The monoisotopic (exact) mass is 322 g/mol. The van der Waals surface area contributed by atoms with E-state index in [4.69, 9.17) is 22.6 Å². The van der Waals surface area contributed by atoms with Crippen LogP contribution in [0.3, 0.4) is 0 Å². The zero-order chi connectivity index (χ0) is 14.3. The van der Waals surface area contributed by atoms with Crippen LogP contribution in [-0.4, -0.2) is 67.0 Å². The van der Waals surface area contributed by atoms with Crippen molar-refractivity contribution in [2.24, 2.45) is 0 Å². The van der Waals surface area contributed by atoms with E-state index < -0.39 is 10.4 Å². The van der Waals surface area contributed by atoms with E-state index in [0.29, 0.717) is 6.61 Å². The van der Waals surface area contributed by atoms with E-state index in [1.54, 1.807) is 0 Å². The fourth-order valence-electron chi connectivity index (χ4n) is 1.60. The summed E-state index contributed by atoms with van der Waals surface area (Å²) in [6.07, 6.45) is 13.3. The van der Waals surface area contributed by atoms with Crippen LogP contribution in [0, 0.1) is 0 Å². The molecule has 0 aromatic rings. The summed E-state index contributed by atoms with van der Waals surface area (Å²) in [5.41, 5.74) is 0. The molecule has 1 N–H and O–H groups in total. The van der Waals surface area contributed by atoms with Crippen molar-refractivity contribution >= 4 is 48.1 Å². The Morgan fingerprint density at radius 2 is 1.05 bits per heavy atom. The zero-order valence-corrected chi connectivity index (χ0v) is 15.0. The first-order chi connectivity index (χ1) is 8.41. The predicted octanol–water partition coefficient (Wildman–Crippen LogP) is 2.18. The number of unbranched alkanes of at least 4 members (excludes halogenated alkanes) is 9. The van der Waals surface area contributed by atoms with Gasteiger partial charge in [0.1, 0.15) is 0 Å². The van der Waals surface area contributed by atoms with Crippen LogP contribution in [-0.2, 0) is 10.4 Å². The van der Waals surface area contributed by atoms with E-state index in [1.807, 2.05) is 0 Å². The molecular weight excluding hydrogens is 296 g/mol. The molecular formula is C12H26CaO5S. The van der Waals surface area contributed by atoms with Crippen LogP contribution in [0.25, 0.3) is 0 Å². The van der Waals surface area contributed by atoms with Gasteiger partial charge in [0.25, 0.3) is 0 Å². The van der Waals surface area contributed by atoms with Gasteiger partial charge in [-0.25, -0.2) is 0 Å². The molecule has 0 aliphatic heterocycles. The van der Waals surface area contributed by atoms with Gasteiger partial charge in [0.15, 0.2) is 0 Å². The second-order valence-corrected chi connectivity index (χ2v) is 5.13. The van der Waals surface area contributed by atoms with Crippen LogP contribution in [0.1, 0.15) is 71.1 Å². The number of hydrogen-bond acceptors (Lipinski definition) is 5. The Morgan fingerprint density at radius 1 is 0.789 bits per heavy atom. The Hall–Kier alpha value is 1.09. The average molecular weight is 322 g/mol. The third kappa shape index (κ3) is 45.3. The molecule has 7 heteroatoms. The van der Waals surface area contributed by atoms with E-state index in [2.05, 4.69) is 6.92 Å². The summed E-state index contributed by atoms with van der Waals surface area (Å²) in [6.45, 7) is 2.63. The van der Waals surface area contributed by atoms with E-state index in [0.717, 1.165) is 6.42 Å². The second-order valence-electron chi connectivity index (χ2n) is 4.31. The average Bonchev–Trinajstić information content (AvgIpc) is 2.25. The van der Waals surface area contributed by atoms with Crippen LogP contribution in [0.15, 0.2) is 0 Å². The van der Waals surface area contributed by atoms with Crippen molar-refractivity contribution in [1.82, 2.24) is 0 Å². The molecule has 0 spiro atoms. The number of hydrogen-bond donors (Lipinski definition) is 1. The molecule has 0 saturated carbocycles. The SMILES string of the molecule is CCCCCCCCCCCCO.O=S(=O)([O-])[O-].[Ca+2]. The summed E-state index contributed by atoms with van der Waals surface area (Å²) in [5.74, 6) is 0. The molecule has 112 valence electrons. The largest absolute Gasteiger partial charge is 2.00 e. The van der Waals surface area contributed by atoms with Crippen LogP contribution >= 0.6 is 0 Å². The molecule has 0 aliphatic rings. The predicted molar refractivity (Wildman–Crippen MR) is 75.2 cm³/mol. The van der Waals surface area contributed by atoms with Crippen molar-refractivity contribution in [2.75, 3.05) is 6.61 Å². The Labute approximate surface area is 147 Å². The van der Waals surface area contributed by atoms with Crippen LogP contribution in [0.5, 0.6) is 0 Å². The molecule has 19 heavy (non-hydrogen) atoms. The van der Waals surface area contributed by atoms with Gasteiger partial charge in [-0.15, -0.1) is 0 Å². The molecule has 0 atom stereocenters. The van der Waals surface area contributed by atoms with Gasteiger partial charge in [-0.1, -0.05) is 64.7 Å². The fraction of sp³-hybridized carbons (Fsp3) is 1.00. The van der Waals surface area contributed by atoms with Gasteiger partial charge in [0.2, 0.25) is 0 Å². The van der Waals surface area contributed by atoms with Gasteiger partial charge < -0.3 is 14.2 Å². The molecule has 0 unspecified atom stereocenters. The summed E-state index contributed by atoms with van der Waals surface area (Å²) in [4.78, 5) is 0. The molecule has 0 fully saturated rings. The van der Waals surface area contributed by atoms with Gasteiger partial charge in [-0.2, -0.15) is 0 Å². The first-order valence-corrected chi connectivity index (χ1v) is 8.02. The smallest absolute Gasteiger partial charge is 0.759 e. The molecule has 0 radical (unpaired) electrons. The third-order valence-corrected chi connectivity index (χ3v) is 2.51. The molecule has 0 aromatic carbocycles. The Balaban J connectivity index is -0.000000366. The maximum absolute atomic E-state index is 8.57. The van der Waals surface area contributed by atoms with Gasteiger partial charge in [0.05, 0.1) is 0 Å².